The summed E-state index contributed by atoms with van der Waals surface area (Å²) in [5, 5.41) is 2.70. The van der Waals surface area contributed by atoms with Gasteiger partial charge in [0.2, 0.25) is 0 Å². The molecule has 0 heterocycles. The van der Waals surface area contributed by atoms with E-state index in [1.54, 1.807) is 0 Å². The second kappa shape index (κ2) is 5.81. The van der Waals surface area contributed by atoms with Crippen molar-refractivity contribution in [1.82, 2.24) is 5.32 Å². The molecule has 0 fully saturated rings. The van der Waals surface area contributed by atoms with E-state index in [9.17, 15) is 22.0 Å². The maximum absolute atomic E-state index is 13.4. The molecular formula is C15H12F5N. The fourth-order valence-electron chi connectivity index (χ4n) is 2.19. The third-order valence-electron chi connectivity index (χ3n) is 3.12. The van der Waals surface area contributed by atoms with Crippen LogP contribution in [0.4, 0.5) is 22.0 Å². The Hall–Kier alpha value is -1.95. The Morgan fingerprint density at radius 1 is 0.905 bits per heavy atom. The molecule has 0 aliphatic rings. The van der Waals surface area contributed by atoms with E-state index in [1.807, 2.05) is 0 Å². The van der Waals surface area contributed by atoms with Crippen LogP contribution in [0, 0.1) is 11.6 Å². The maximum Gasteiger partial charge on any atom is 0.416 e. The fraction of sp³-hybridized carbons (Fsp3) is 0.200. The Morgan fingerprint density at radius 2 is 1.48 bits per heavy atom. The van der Waals surface area contributed by atoms with Gasteiger partial charge in [-0.3, -0.25) is 0 Å². The van der Waals surface area contributed by atoms with Gasteiger partial charge in [-0.2, -0.15) is 13.2 Å². The highest BCUT2D eigenvalue weighted by atomic mass is 19.4. The van der Waals surface area contributed by atoms with Crippen molar-refractivity contribution < 1.29 is 22.0 Å². The molecule has 1 atom stereocenters. The maximum atomic E-state index is 13.4. The summed E-state index contributed by atoms with van der Waals surface area (Å²) in [5.41, 5.74) is -0.751. The lowest BCUT2D eigenvalue weighted by Gasteiger charge is -2.22. The van der Waals surface area contributed by atoms with Gasteiger partial charge in [-0.05, 0) is 48.5 Å². The van der Waals surface area contributed by atoms with E-state index in [1.165, 1.54) is 19.2 Å². The first-order valence-corrected chi connectivity index (χ1v) is 6.12. The summed E-state index contributed by atoms with van der Waals surface area (Å²) < 4.78 is 65.4. The third-order valence-corrected chi connectivity index (χ3v) is 3.12. The summed E-state index contributed by atoms with van der Waals surface area (Å²) in [6.45, 7) is 0. The number of benzene rings is 2. The van der Waals surface area contributed by atoms with E-state index in [2.05, 4.69) is 5.32 Å². The van der Waals surface area contributed by atoms with Gasteiger partial charge in [0.25, 0.3) is 0 Å². The van der Waals surface area contributed by atoms with Crippen molar-refractivity contribution in [2.24, 2.45) is 0 Å². The van der Waals surface area contributed by atoms with Crippen LogP contribution in [0.15, 0.2) is 42.5 Å². The molecule has 0 saturated carbocycles. The van der Waals surface area contributed by atoms with Gasteiger partial charge in [0.1, 0.15) is 11.6 Å². The standard InChI is InChI=1S/C15H12F5N/c1-21-14(9-2-4-10(16)5-3-9)12-8-11(17)6-7-13(12)15(18,19)20/h2-8,14,21H,1H3. The lowest BCUT2D eigenvalue weighted by molar-refractivity contribution is -0.138. The molecule has 0 spiro atoms. The van der Waals surface area contributed by atoms with Crippen molar-refractivity contribution in [2.75, 3.05) is 7.05 Å². The molecule has 0 saturated heterocycles. The number of alkyl halides is 3. The molecule has 6 heteroatoms. The zero-order valence-electron chi connectivity index (χ0n) is 11.0. The first kappa shape index (κ1) is 15.4. The molecule has 0 amide bonds. The molecule has 2 aromatic carbocycles. The van der Waals surface area contributed by atoms with Crippen LogP contribution in [-0.4, -0.2) is 7.05 Å². The predicted molar refractivity (Wildman–Crippen MR) is 68.7 cm³/mol. The summed E-state index contributed by atoms with van der Waals surface area (Å²) in [5.74, 6) is -1.26. The van der Waals surface area contributed by atoms with E-state index >= 15 is 0 Å². The van der Waals surface area contributed by atoms with Crippen LogP contribution in [0.5, 0.6) is 0 Å². The van der Waals surface area contributed by atoms with Gasteiger partial charge in [0.15, 0.2) is 0 Å². The molecular weight excluding hydrogens is 289 g/mol. The molecule has 1 unspecified atom stereocenters. The van der Waals surface area contributed by atoms with Gasteiger partial charge in [-0.15, -0.1) is 0 Å². The van der Waals surface area contributed by atoms with Gasteiger partial charge < -0.3 is 5.32 Å². The Bertz CT molecular complexity index is 619. The molecule has 0 bridgehead atoms. The zero-order chi connectivity index (χ0) is 15.6. The molecule has 0 aromatic heterocycles. The highest BCUT2D eigenvalue weighted by molar-refractivity contribution is 5.39. The fourth-order valence-corrected chi connectivity index (χ4v) is 2.19. The third kappa shape index (κ3) is 3.39. The second-order valence-corrected chi connectivity index (χ2v) is 4.50. The Morgan fingerprint density at radius 3 is 2.00 bits per heavy atom. The highest BCUT2D eigenvalue weighted by Crippen LogP contribution is 2.36. The average Bonchev–Trinajstić information content (AvgIpc) is 2.40. The van der Waals surface area contributed by atoms with E-state index in [0.29, 0.717) is 11.6 Å². The van der Waals surface area contributed by atoms with Gasteiger partial charge >= 0.3 is 6.18 Å². The first-order chi connectivity index (χ1) is 9.82. The zero-order valence-corrected chi connectivity index (χ0v) is 11.0. The van der Waals surface area contributed by atoms with Crippen LogP contribution < -0.4 is 5.32 Å². The van der Waals surface area contributed by atoms with Crippen molar-refractivity contribution in [2.45, 2.75) is 12.2 Å². The summed E-state index contributed by atoms with van der Waals surface area (Å²) >= 11 is 0. The minimum absolute atomic E-state index is 0.239. The minimum Gasteiger partial charge on any atom is -0.309 e. The molecule has 0 aliphatic carbocycles. The molecule has 112 valence electrons. The Labute approximate surface area is 118 Å². The van der Waals surface area contributed by atoms with Crippen molar-refractivity contribution >= 4 is 0 Å². The van der Waals surface area contributed by atoms with E-state index in [4.69, 9.17) is 0 Å². The molecule has 21 heavy (non-hydrogen) atoms. The van der Waals surface area contributed by atoms with Crippen molar-refractivity contribution in [3.8, 4) is 0 Å². The van der Waals surface area contributed by atoms with Crippen molar-refractivity contribution in [3.63, 3.8) is 0 Å². The van der Waals surface area contributed by atoms with Gasteiger partial charge in [0.05, 0.1) is 11.6 Å². The normalized spacial score (nSPS) is 13.2. The number of rotatable bonds is 3. The topological polar surface area (TPSA) is 12.0 Å². The molecule has 0 radical (unpaired) electrons. The van der Waals surface area contributed by atoms with E-state index < -0.39 is 29.4 Å². The lowest BCUT2D eigenvalue weighted by Crippen LogP contribution is -2.22. The van der Waals surface area contributed by atoms with Crippen molar-refractivity contribution in [1.29, 1.82) is 0 Å². The summed E-state index contributed by atoms with van der Waals surface area (Å²) in [4.78, 5) is 0. The average molecular weight is 301 g/mol. The van der Waals surface area contributed by atoms with Gasteiger partial charge in [-0.1, -0.05) is 12.1 Å². The molecule has 2 rings (SSSR count). The second-order valence-electron chi connectivity index (χ2n) is 4.50. The summed E-state index contributed by atoms with van der Waals surface area (Å²) in [6.07, 6.45) is -4.60. The number of nitrogens with one attached hydrogen (secondary N) is 1. The summed E-state index contributed by atoms with van der Waals surface area (Å²) in [7, 11) is 1.46. The van der Waals surface area contributed by atoms with Gasteiger partial charge in [0, 0.05) is 0 Å². The largest absolute Gasteiger partial charge is 0.416 e. The molecule has 1 N–H and O–H groups in total. The Kier molecular flexibility index (Phi) is 4.27. The van der Waals surface area contributed by atoms with Crippen LogP contribution in [-0.2, 0) is 6.18 Å². The van der Waals surface area contributed by atoms with E-state index in [0.717, 1.165) is 24.3 Å². The number of halogens is 5. The monoisotopic (exact) mass is 301 g/mol. The van der Waals surface area contributed by atoms with Gasteiger partial charge in [-0.25, -0.2) is 8.78 Å². The SMILES string of the molecule is CNC(c1ccc(F)cc1)c1cc(F)ccc1C(F)(F)F. The van der Waals surface area contributed by atoms with Crippen LogP contribution in [0.2, 0.25) is 0 Å². The van der Waals surface area contributed by atoms with Crippen molar-refractivity contribution in [3.05, 3.63) is 70.8 Å². The number of hydrogen-bond donors (Lipinski definition) is 1. The highest BCUT2D eigenvalue weighted by Gasteiger charge is 2.35. The number of hydrogen-bond acceptors (Lipinski definition) is 1. The smallest absolute Gasteiger partial charge is 0.309 e. The molecule has 1 nitrogen and oxygen atoms in total. The predicted octanol–water partition coefficient (Wildman–Crippen LogP) is 4.29. The van der Waals surface area contributed by atoms with Crippen LogP contribution in [0.1, 0.15) is 22.7 Å². The minimum atomic E-state index is -4.60. The summed E-state index contributed by atoms with van der Waals surface area (Å²) in [6, 6.07) is 6.44. The lowest BCUT2D eigenvalue weighted by atomic mass is 9.94. The molecule has 2 aromatic rings. The Balaban J connectivity index is 2.56. The van der Waals surface area contributed by atoms with E-state index in [-0.39, 0.29) is 5.56 Å². The van der Waals surface area contributed by atoms with Crippen LogP contribution in [0.3, 0.4) is 0 Å². The quantitative estimate of drug-likeness (QED) is 0.834. The molecule has 0 aliphatic heterocycles. The van der Waals surface area contributed by atoms with Crippen LogP contribution >= 0.6 is 0 Å². The first-order valence-electron chi connectivity index (χ1n) is 6.12. The van der Waals surface area contributed by atoms with Crippen LogP contribution in [0.25, 0.3) is 0 Å².